The predicted molar refractivity (Wildman–Crippen MR) is 78.0 cm³/mol. The Balaban J connectivity index is 2.00. The average molecular weight is 273 g/mol. The minimum absolute atomic E-state index is 0.519. The second kappa shape index (κ2) is 5.07. The van der Waals surface area contributed by atoms with Crippen LogP contribution in [-0.4, -0.2) is 23.4 Å². The fraction of sp³-hybridized carbons (Fsp3) is 0.400. The van der Waals surface area contributed by atoms with Crippen molar-refractivity contribution in [2.45, 2.75) is 20.3 Å². The molecule has 0 radical (unpaired) electrons. The molecule has 1 aromatic carbocycles. The Labute approximate surface area is 118 Å². The third-order valence-corrected chi connectivity index (χ3v) is 3.34. The van der Waals surface area contributed by atoms with Crippen molar-refractivity contribution in [3.63, 3.8) is 0 Å². The van der Waals surface area contributed by atoms with Crippen LogP contribution in [0.1, 0.15) is 19.4 Å². The number of fused-ring (bicyclic) bond motifs is 1. The van der Waals surface area contributed by atoms with Gasteiger partial charge in [-0.25, -0.2) is 0 Å². The number of aromatic nitrogens is 2. The number of nitrogen functional groups attached to an aromatic ring is 1. The zero-order valence-corrected chi connectivity index (χ0v) is 11.8. The Hall–Kier alpha value is -2.17. The first-order valence-electron chi connectivity index (χ1n) is 6.88. The van der Waals surface area contributed by atoms with Crippen LogP contribution >= 0.6 is 0 Å². The van der Waals surface area contributed by atoms with Crippen molar-refractivity contribution in [2.75, 3.05) is 18.9 Å². The monoisotopic (exact) mass is 273 g/mol. The quantitative estimate of drug-likeness (QED) is 0.901. The number of rotatable bonds is 3. The molecule has 0 bridgehead atoms. The standard InChI is InChI=1S/C15H19N3O2/c1-9(2)7-11-14(17-18-15(11)16)10-3-4-12-13(8-10)20-6-5-19-12/h3-4,8-9H,5-7H2,1-2H3,(H3,16,17,18). The van der Waals surface area contributed by atoms with E-state index in [4.69, 9.17) is 15.2 Å². The molecule has 106 valence electrons. The van der Waals surface area contributed by atoms with E-state index in [1.807, 2.05) is 18.2 Å². The Morgan fingerprint density at radius 3 is 2.75 bits per heavy atom. The van der Waals surface area contributed by atoms with Crippen molar-refractivity contribution >= 4 is 5.82 Å². The summed E-state index contributed by atoms with van der Waals surface area (Å²) < 4.78 is 11.2. The van der Waals surface area contributed by atoms with Crippen LogP contribution in [0.5, 0.6) is 11.5 Å². The average Bonchev–Trinajstić information content (AvgIpc) is 2.79. The largest absolute Gasteiger partial charge is 0.486 e. The maximum absolute atomic E-state index is 5.97. The van der Waals surface area contributed by atoms with Crippen LogP contribution in [0.15, 0.2) is 18.2 Å². The minimum Gasteiger partial charge on any atom is -0.486 e. The Bertz CT molecular complexity index is 620. The van der Waals surface area contributed by atoms with Gasteiger partial charge in [-0.2, -0.15) is 5.10 Å². The van der Waals surface area contributed by atoms with E-state index < -0.39 is 0 Å². The fourth-order valence-corrected chi connectivity index (χ4v) is 2.43. The molecule has 0 aliphatic carbocycles. The zero-order chi connectivity index (χ0) is 14.1. The van der Waals surface area contributed by atoms with Crippen molar-refractivity contribution < 1.29 is 9.47 Å². The van der Waals surface area contributed by atoms with Gasteiger partial charge in [0.25, 0.3) is 0 Å². The molecule has 1 aromatic heterocycles. The summed E-state index contributed by atoms with van der Waals surface area (Å²) in [4.78, 5) is 0. The first-order valence-corrected chi connectivity index (χ1v) is 6.88. The molecule has 0 saturated heterocycles. The molecule has 1 aliphatic heterocycles. The second-order valence-corrected chi connectivity index (χ2v) is 5.42. The van der Waals surface area contributed by atoms with Gasteiger partial charge in [-0.1, -0.05) is 13.8 Å². The summed E-state index contributed by atoms with van der Waals surface area (Å²) in [6.45, 7) is 5.52. The Morgan fingerprint density at radius 1 is 1.25 bits per heavy atom. The van der Waals surface area contributed by atoms with Crippen LogP contribution in [0.2, 0.25) is 0 Å². The first kappa shape index (κ1) is 12.8. The van der Waals surface area contributed by atoms with E-state index in [1.54, 1.807) is 0 Å². The topological polar surface area (TPSA) is 73.2 Å². The molecule has 5 nitrogen and oxygen atoms in total. The predicted octanol–water partition coefficient (Wildman–Crippen LogP) is 2.63. The van der Waals surface area contributed by atoms with Gasteiger partial charge < -0.3 is 15.2 Å². The second-order valence-electron chi connectivity index (χ2n) is 5.42. The molecular weight excluding hydrogens is 254 g/mol. The van der Waals surface area contributed by atoms with Gasteiger partial charge in [0.1, 0.15) is 19.0 Å². The first-order chi connectivity index (χ1) is 9.65. The molecule has 3 rings (SSSR count). The van der Waals surface area contributed by atoms with Crippen LogP contribution in [0.4, 0.5) is 5.82 Å². The van der Waals surface area contributed by atoms with Gasteiger partial charge in [0, 0.05) is 11.1 Å². The molecule has 0 spiro atoms. The van der Waals surface area contributed by atoms with Crippen molar-refractivity contribution in [1.29, 1.82) is 0 Å². The Morgan fingerprint density at radius 2 is 2.00 bits per heavy atom. The van der Waals surface area contributed by atoms with E-state index in [-0.39, 0.29) is 0 Å². The summed E-state index contributed by atoms with van der Waals surface area (Å²) in [5.74, 6) is 2.66. The number of nitrogens with zero attached hydrogens (tertiary/aromatic N) is 1. The number of anilines is 1. The van der Waals surface area contributed by atoms with Gasteiger partial charge in [-0.15, -0.1) is 0 Å². The van der Waals surface area contributed by atoms with Crippen molar-refractivity contribution in [3.05, 3.63) is 23.8 Å². The molecule has 1 aliphatic rings. The third kappa shape index (κ3) is 2.31. The number of ether oxygens (including phenoxy) is 2. The highest BCUT2D eigenvalue weighted by Gasteiger charge is 2.17. The molecule has 0 atom stereocenters. The molecule has 0 fully saturated rings. The number of nitrogens with two attached hydrogens (primary N) is 1. The summed E-state index contributed by atoms with van der Waals surface area (Å²) in [6, 6.07) is 5.91. The lowest BCUT2D eigenvalue weighted by molar-refractivity contribution is 0.171. The molecule has 0 unspecified atom stereocenters. The highest BCUT2D eigenvalue weighted by atomic mass is 16.6. The smallest absolute Gasteiger partial charge is 0.162 e. The maximum Gasteiger partial charge on any atom is 0.162 e. The van der Waals surface area contributed by atoms with Crippen LogP contribution in [0.25, 0.3) is 11.3 Å². The van der Waals surface area contributed by atoms with Crippen LogP contribution in [0, 0.1) is 5.92 Å². The van der Waals surface area contributed by atoms with E-state index in [2.05, 4.69) is 24.0 Å². The van der Waals surface area contributed by atoms with Gasteiger partial charge in [-0.3, -0.25) is 5.10 Å². The lowest BCUT2D eigenvalue weighted by Crippen LogP contribution is -2.15. The highest BCUT2D eigenvalue weighted by Crippen LogP contribution is 2.36. The number of H-pyrrole nitrogens is 1. The normalized spacial score (nSPS) is 13.8. The third-order valence-electron chi connectivity index (χ3n) is 3.34. The lowest BCUT2D eigenvalue weighted by Gasteiger charge is -2.19. The van der Waals surface area contributed by atoms with E-state index in [1.165, 1.54) is 0 Å². The summed E-state index contributed by atoms with van der Waals surface area (Å²) in [7, 11) is 0. The summed E-state index contributed by atoms with van der Waals surface area (Å²) in [6.07, 6.45) is 0.895. The Kier molecular flexibility index (Phi) is 3.26. The summed E-state index contributed by atoms with van der Waals surface area (Å²) in [5.41, 5.74) is 9.02. The van der Waals surface area contributed by atoms with Crippen molar-refractivity contribution in [1.82, 2.24) is 10.2 Å². The number of aromatic amines is 1. The number of hydrogen-bond donors (Lipinski definition) is 2. The number of benzene rings is 1. The van der Waals surface area contributed by atoms with Crippen molar-refractivity contribution in [3.8, 4) is 22.8 Å². The van der Waals surface area contributed by atoms with Crippen LogP contribution in [-0.2, 0) is 6.42 Å². The van der Waals surface area contributed by atoms with Gasteiger partial charge in [0.05, 0.1) is 5.69 Å². The van der Waals surface area contributed by atoms with E-state index in [0.717, 1.165) is 34.7 Å². The van der Waals surface area contributed by atoms with E-state index in [9.17, 15) is 0 Å². The van der Waals surface area contributed by atoms with Gasteiger partial charge >= 0.3 is 0 Å². The maximum atomic E-state index is 5.97. The van der Waals surface area contributed by atoms with E-state index in [0.29, 0.717) is 24.9 Å². The fourth-order valence-electron chi connectivity index (χ4n) is 2.43. The molecule has 2 aromatic rings. The molecule has 5 heteroatoms. The van der Waals surface area contributed by atoms with Crippen LogP contribution < -0.4 is 15.2 Å². The van der Waals surface area contributed by atoms with Gasteiger partial charge in [0.2, 0.25) is 0 Å². The number of hydrogen-bond acceptors (Lipinski definition) is 4. The SMILES string of the molecule is CC(C)Cc1c(N)n[nH]c1-c1ccc2c(c1)OCCO2. The van der Waals surface area contributed by atoms with Crippen molar-refractivity contribution in [2.24, 2.45) is 5.92 Å². The molecule has 0 saturated carbocycles. The lowest BCUT2D eigenvalue weighted by atomic mass is 9.99. The summed E-state index contributed by atoms with van der Waals surface area (Å²) >= 11 is 0. The number of nitrogens with one attached hydrogen (secondary N) is 1. The summed E-state index contributed by atoms with van der Waals surface area (Å²) in [5, 5.41) is 7.17. The zero-order valence-electron chi connectivity index (χ0n) is 11.8. The molecule has 20 heavy (non-hydrogen) atoms. The van der Waals surface area contributed by atoms with E-state index >= 15 is 0 Å². The van der Waals surface area contributed by atoms with Crippen LogP contribution in [0.3, 0.4) is 0 Å². The molecule has 3 N–H and O–H groups in total. The van der Waals surface area contributed by atoms with Gasteiger partial charge in [-0.05, 0) is 30.5 Å². The van der Waals surface area contributed by atoms with Gasteiger partial charge in [0.15, 0.2) is 11.5 Å². The highest BCUT2D eigenvalue weighted by molar-refractivity contribution is 5.70. The molecular formula is C15H19N3O2. The molecule has 0 amide bonds. The minimum atomic E-state index is 0.519. The molecule has 2 heterocycles.